The van der Waals surface area contributed by atoms with Crippen molar-refractivity contribution in [2.24, 2.45) is 0 Å². The minimum Gasteiger partial charge on any atom is -0.386 e. The SMILES string of the molecule is Cc1ccc(CN/C=C(/C#N)C(=O)N(Cc2ccccc2)C(C)C)cc1. The van der Waals surface area contributed by atoms with Crippen LogP contribution in [0.5, 0.6) is 0 Å². The van der Waals surface area contributed by atoms with Crippen molar-refractivity contribution in [2.45, 2.75) is 39.9 Å². The van der Waals surface area contributed by atoms with Gasteiger partial charge in [0.15, 0.2) is 0 Å². The predicted octanol–water partition coefficient (Wildman–Crippen LogP) is 3.93. The molecule has 0 atom stereocenters. The number of nitriles is 1. The van der Waals surface area contributed by atoms with Gasteiger partial charge < -0.3 is 10.2 Å². The molecule has 0 aliphatic heterocycles. The lowest BCUT2D eigenvalue weighted by molar-refractivity contribution is -0.129. The van der Waals surface area contributed by atoms with Crippen molar-refractivity contribution in [3.05, 3.63) is 83.1 Å². The van der Waals surface area contributed by atoms with Crippen LogP contribution in [0.15, 0.2) is 66.4 Å². The van der Waals surface area contributed by atoms with Gasteiger partial charge >= 0.3 is 0 Å². The molecule has 2 rings (SSSR count). The van der Waals surface area contributed by atoms with Gasteiger partial charge in [-0.1, -0.05) is 60.2 Å². The summed E-state index contributed by atoms with van der Waals surface area (Å²) in [7, 11) is 0. The summed E-state index contributed by atoms with van der Waals surface area (Å²) in [5, 5.41) is 12.5. The van der Waals surface area contributed by atoms with Crippen LogP contribution in [0, 0.1) is 18.3 Å². The van der Waals surface area contributed by atoms with Crippen molar-refractivity contribution in [1.29, 1.82) is 5.26 Å². The van der Waals surface area contributed by atoms with Gasteiger partial charge in [0.25, 0.3) is 5.91 Å². The molecular formula is C22H25N3O. The molecular weight excluding hydrogens is 322 g/mol. The van der Waals surface area contributed by atoms with Gasteiger partial charge in [0.2, 0.25) is 0 Å². The fraction of sp³-hybridized carbons (Fsp3) is 0.273. The summed E-state index contributed by atoms with van der Waals surface area (Å²) >= 11 is 0. The van der Waals surface area contributed by atoms with E-state index in [0.717, 1.165) is 11.1 Å². The van der Waals surface area contributed by atoms with Gasteiger partial charge in [-0.15, -0.1) is 0 Å². The molecule has 0 saturated carbocycles. The highest BCUT2D eigenvalue weighted by Gasteiger charge is 2.21. The molecule has 1 N–H and O–H groups in total. The molecule has 0 saturated heterocycles. The summed E-state index contributed by atoms with van der Waals surface area (Å²) in [6, 6.07) is 20.0. The van der Waals surface area contributed by atoms with E-state index in [9.17, 15) is 10.1 Å². The van der Waals surface area contributed by atoms with Gasteiger partial charge in [0.05, 0.1) is 0 Å². The zero-order chi connectivity index (χ0) is 18.9. The van der Waals surface area contributed by atoms with E-state index >= 15 is 0 Å². The highest BCUT2D eigenvalue weighted by molar-refractivity contribution is 5.97. The number of amides is 1. The third-order valence-corrected chi connectivity index (χ3v) is 4.10. The van der Waals surface area contributed by atoms with Crippen LogP contribution in [0.3, 0.4) is 0 Å². The molecule has 0 aliphatic carbocycles. The third kappa shape index (κ3) is 5.49. The van der Waals surface area contributed by atoms with Crippen LogP contribution < -0.4 is 5.32 Å². The van der Waals surface area contributed by atoms with Gasteiger partial charge in [-0.2, -0.15) is 5.26 Å². The molecule has 4 nitrogen and oxygen atoms in total. The number of benzene rings is 2. The Morgan fingerprint density at radius 3 is 2.35 bits per heavy atom. The summed E-state index contributed by atoms with van der Waals surface area (Å²) in [6.45, 7) is 7.00. The summed E-state index contributed by atoms with van der Waals surface area (Å²) in [6.07, 6.45) is 1.52. The Labute approximate surface area is 155 Å². The third-order valence-electron chi connectivity index (χ3n) is 4.10. The Balaban J connectivity index is 2.06. The lowest BCUT2D eigenvalue weighted by Gasteiger charge is -2.26. The first-order valence-electron chi connectivity index (χ1n) is 8.75. The Kier molecular flexibility index (Phi) is 6.99. The van der Waals surface area contributed by atoms with Gasteiger partial charge in [-0.25, -0.2) is 0 Å². The lowest BCUT2D eigenvalue weighted by atomic mass is 10.1. The number of nitrogens with one attached hydrogen (secondary N) is 1. The van der Waals surface area contributed by atoms with Crippen molar-refractivity contribution in [1.82, 2.24) is 10.2 Å². The fourth-order valence-electron chi connectivity index (χ4n) is 2.54. The van der Waals surface area contributed by atoms with E-state index < -0.39 is 0 Å². The number of nitrogens with zero attached hydrogens (tertiary/aromatic N) is 2. The molecule has 0 fully saturated rings. The molecule has 1 amide bonds. The van der Waals surface area contributed by atoms with E-state index in [4.69, 9.17) is 0 Å². The highest BCUT2D eigenvalue weighted by Crippen LogP contribution is 2.12. The molecule has 0 aromatic heterocycles. The lowest BCUT2D eigenvalue weighted by Crippen LogP contribution is -2.37. The number of rotatable bonds is 7. The van der Waals surface area contributed by atoms with E-state index in [1.54, 1.807) is 4.90 Å². The predicted molar refractivity (Wildman–Crippen MR) is 104 cm³/mol. The fourth-order valence-corrected chi connectivity index (χ4v) is 2.54. The maximum absolute atomic E-state index is 12.8. The zero-order valence-corrected chi connectivity index (χ0v) is 15.6. The molecule has 2 aromatic carbocycles. The molecule has 0 unspecified atom stereocenters. The van der Waals surface area contributed by atoms with Crippen molar-refractivity contribution < 1.29 is 4.79 Å². The van der Waals surface area contributed by atoms with Gasteiger partial charge in [-0.3, -0.25) is 4.79 Å². The largest absolute Gasteiger partial charge is 0.386 e. The second-order valence-corrected chi connectivity index (χ2v) is 6.55. The second-order valence-electron chi connectivity index (χ2n) is 6.55. The standard InChI is InChI=1S/C22H25N3O/c1-17(2)25(16-20-7-5-4-6-8-20)22(26)21(13-23)15-24-14-19-11-9-18(3)10-12-19/h4-12,15,17,24H,14,16H2,1-3H3/b21-15-. The molecule has 26 heavy (non-hydrogen) atoms. The smallest absolute Gasteiger partial charge is 0.266 e. The maximum atomic E-state index is 12.8. The van der Waals surface area contributed by atoms with Crippen LogP contribution in [-0.4, -0.2) is 16.8 Å². The number of carbonyl (C=O) groups excluding carboxylic acids is 1. The van der Waals surface area contributed by atoms with Gasteiger partial charge in [0.1, 0.15) is 11.6 Å². The molecule has 0 heterocycles. The minimum absolute atomic E-state index is 0.00319. The van der Waals surface area contributed by atoms with Crippen LogP contribution in [0.25, 0.3) is 0 Å². The molecule has 0 spiro atoms. The average molecular weight is 347 g/mol. The Hall–Kier alpha value is -3.06. The van der Waals surface area contributed by atoms with Crippen molar-refractivity contribution in [3.63, 3.8) is 0 Å². The monoisotopic (exact) mass is 347 g/mol. The van der Waals surface area contributed by atoms with Crippen molar-refractivity contribution >= 4 is 5.91 Å². The molecule has 0 aliphatic rings. The van der Waals surface area contributed by atoms with Crippen LogP contribution in [0.4, 0.5) is 0 Å². The molecule has 0 bridgehead atoms. The topological polar surface area (TPSA) is 56.1 Å². The number of hydrogen-bond donors (Lipinski definition) is 1. The number of aryl methyl sites for hydroxylation is 1. The normalized spacial score (nSPS) is 11.1. The first-order valence-corrected chi connectivity index (χ1v) is 8.75. The molecule has 0 radical (unpaired) electrons. The van der Waals surface area contributed by atoms with E-state index in [2.05, 4.69) is 5.32 Å². The highest BCUT2D eigenvalue weighted by atomic mass is 16.2. The van der Waals surface area contributed by atoms with Crippen LogP contribution in [-0.2, 0) is 17.9 Å². The van der Waals surface area contributed by atoms with E-state index in [0.29, 0.717) is 13.1 Å². The minimum atomic E-state index is -0.261. The Bertz CT molecular complexity index is 786. The summed E-state index contributed by atoms with van der Waals surface area (Å²) in [5.41, 5.74) is 3.45. The van der Waals surface area contributed by atoms with Crippen LogP contribution in [0.1, 0.15) is 30.5 Å². The second kappa shape index (κ2) is 9.43. The summed E-state index contributed by atoms with van der Waals surface area (Å²) < 4.78 is 0. The van der Waals surface area contributed by atoms with Crippen LogP contribution >= 0.6 is 0 Å². The van der Waals surface area contributed by atoms with Gasteiger partial charge in [0, 0.05) is 25.3 Å². The van der Waals surface area contributed by atoms with E-state index in [1.165, 1.54) is 11.8 Å². The quantitative estimate of drug-likeness (QED) is 0.610. The van der Waals surface area contributed by atoms with Gasteiger partial charge in [-0.05, 0) is 31.9 Å². The molecule has 2 aromatic rings. The van der Waals surface area contributed by atoms with E-state index in [-0.39, 0.29) is 17.5 Å². The number of hydrogen-bond acceptors (Lipinski definition) is 3. The Morgan fingerprint density at radius 2 is 1.77 bits per heavy atom. The number of carbonyl (C=O) groups is 1. The van der Waals surface area contributed by atoms with Crippen molar-refractivity contribution in [3.8, 4) is 6.07 Å². The first-order chi connectivity index (χ1) is 12.5. The summed E-state index contributed by atoms with van der Waals surface area (Å²) in [4.78, 5) is 14.5. The van der Waals surface area contributed by atoms with E-state index in [1.807, 2.05) is 81.4 Å². The zero-order valence-electron chi connectivity index (χ0n) is 15.6. The maximum Gasteiger partial charge on any atom is 0.266 e. The van der Waals surface area contributed by atoms with Crippen LogP contribution in [0.2, 0.25) is 0 Å². The summed E-state index contributed by atoms with van der Waals surface area (Å²) in [5.74, 6) is -0.261. The molecule has 4 heteroatoms. The molecule has 134 valence electrons. The Morgan fingerprint density at radius 1 is 1.12 bits per heavy atom. The average Bonchev–Trinajstić information content (AvgIpc) is 2.65. The first kappa shape index (κ1) is 19.3. The van der Waals surface area contributed by atoms with Crippen molar-refractivity contribution in [2.75, 3.05) is 0 Å².